The number of nitrogens with one attached hydrogen (secondary N) is 2. The molecular weight excluding hydrogens is 400 g/mol. The smallest absolute Gasteiger partial charge is 0.216 e. The van der Waals surface area contributed by atoms with Gasteiger partial charge < -0.3 is 15.0 Å². The first-order valence-corrected chi connectivity index (χ1v) is 11.5. The lowest BCUT2D eigenvalue weighted by molar-refractivity contribution is 0.396. The van der Waals surface area contributed by atoms with Gasteiger partial charge in [-0.15, -0.1) is 0 Å². The molecule has 2 rings (SSSR count). The molecule has 0 aliphatic heterocycles. The maximum atomic E-state index is 12.1. The van der Waals surface area contributed by atoms with Crippen LogP contribution in [0.4, 0.5) is 0 Å². The molecule has 2 aromatic rings. The van der Waals surface area contributed by atoms with E-state index in [2.05, 4.69) is 15.0 Å². The molecule has 0 aliphatic rings. The lowest BCUT2D eigenvalue weighted by atomic mass is 10.1. The van der Waals surface area contributed by atoms with Crippen molar-refractivity contribution in [3.63, 3.8) is 0 Å². The van der Waals surface area contributed by atoms with Crippen molar-refractivity contribution in [3.8, 4) is 5.75 Å². The number of para-hydroxylation sites is 1. The largest absolute Gasteiger partial charge is 0.496 e. The van der Waals surface area contributed by atoms with Crippen molar-refractivity contribution in [2.24, 2.45) is 4.99 Å². The van der Waals surface area contributed by atoms with E-state index in [0.29, 0.717) is 13.1 Å². The molecule has 30 heavy (non-hydrogen) atoms. The van der Waals surface area contributed by atoms with Gasteiger partial charge in [0.15, 0.2) is 5.96 Å². The van der Waals surface area contributed by atoms with Crippen LogP contribution in [0.3, 0.4) is 0 Å². The van der Waals surface area contributed by atoms with E-state index in [1.807, 2.05) is 74.3 Å². The number of hydrogen-bond acceptors (Lipinski definition) is 4. The van der Waals surface area contributed by atoms with Crippen LogP contribution in [0.1, 0.15) is 30.5 Å². The number of rotatable bonds is 9. The normalized spacial score (nSPS) is 12.1. The summed E-state index contributed by atoms with van der Waals surface area (Å²) in [6.07, 6.45) is 0. The molecule has 0 aliphatic carbocycles. The summed E-state index contributed by atoms with van der Waals surface area (Å²) in [6, 6.07) is 15.3. The van der Waals surface area contributed by atoms with Crippen molar-refractivity contribution >= 4 is 16.0 Å². The number of nitrogens with zero attached hydrogens (tertiary/aromatic N) is 2. The topological polar surface area (TPSA) is 83.0 Å². The summed E-state index contributed by atoms with van der Waals surface area (Å²) < 4.78 is 32.2. The fourth-order valence-corrected chi connectivity index (χ4v) is 4.54. The minimum absolute atomic E-state index is 0.0256. The highest BCUT2D eigenvalue weighted by atomic mass is 32.2. The van der Waals surface area contributed by atoms with Crippen LogP contribution in [0, 0.1) is 0 Å². The van der Waals surface area contributed by atoms with Crippen LogP contribution in [0.5, 0.6) is 5.75 Å². The number of hydrogen-bond donors (Lipinski definition) is 2. The van der Waals surface area contributed by atoms with Crippen LogP contribution < -0.4 is 14.8 Å². The van der Waals surface area contributed by atoms with Crippen LogP contribution in [-0.2, 0) is 28.9 Å². The highest BCUT2D eigenvalue weighted by Gasteiger charge is 2.13. The fraction of sp³-hybridized carbons (Fsp3) is 0.409. The van der Waals surface area contributed by atoms with E-state index in [4.69, 9.17) is 4.74 Å². The summed E-state index contributed by atoms with van der Waals surface area (Å²) in [4.78, 5) is 6.38. The van der Waals surface area contributed by atoms with Crippen molar-refractivity contribution in [1.82, 2.24) is 14.9 Å². The van der Waals surface area contributed by atoms with Gasteiger partial charge in [-0.3, -0.25) is 4.99 Å². The predicted octanol–water partition coefficient (Wildman–Crippen LogP) is 2.73. The molecular formula is C22H32N4O3S. The number of aliphatic imine (C=N–C) groups is 1. The molecule has 2 N–H and O–H groups in total. The second-order valence-electron chi connectivity index (χ2n) is 7.42. The molecule has 164 valence electrons. The molecule has 0 radical (unpaired) electrons. The Morgan fingerprint density at radius 1 is 1.10 bits per heavy atom. The van der Waals surface area contributed by atoms with Crippen molar-refractivity contribution in [1.29, 1.82) is 0 Å². The van der Waals surface area contributed by atoms with Gasteiger partial charge in [-0.25, -0.2) is 13.1 Å². The number of guanidine groups is 1. The van der Waals surface area contributed by atoms with Crippen molar-refractivity contribution in [3.05, 3.63) is 65.2 Å². The fourth-order valence-electron chi connectivity index (χ4n) is 3.10. The van der Waals surface area contributed by atoms with Crippen molar-refractivity contribution < 1.29 is 13.2 Å². The van der Waals surface area contributed by atoms with Gasteiger partial charge in [-0.2, -0.15) is 0 Å². The first kappa shape index (κ1) is 23.7. The quantitative estimate of drug-likeness (QED) is 0.470. The third-order valence-corrected chi connectivity index (χ3v) is 5.96. The summed E-state index contributed by atoms with van der Waals surface area (Å²) >= 11 is 0. The highest BCUT2D eigenvalue weighted by molar-refractivity contribution is 7.88. The summed E-state index contributed by atoms with van der Waals surface area (Å²) in [6.45, 7) is 4.86. The summed E-state index contributed by atoms with van der Waals surface area (Å²) in [5.41, 5.74) is 2.87. The van der Waals surface area contributed by atoms with Gasteiger partial charge in [-0.05, 0) is 31.0 Å². The third-order valence-electron chi connectivity index (χ3n) is 4.42. The molecule has 0 unspecified atom stereocenters. The molecule has 0 aromatic heterocycles. The Morgan fingerprint density at radius 2 is 1.73 bits per heavy atom. The highest BCUT2D eigenvalue weighted by Crippen LogP contribution is 2.18. The average Bonchev–Trinajstić information content (AvgIpc) is 2.68. The number of sulfonamides is 1. The van der Waals surface area contributed by atoms with Crippen molar-refractivity contribution in [2.75, 3.05) is 21.2 Å². The number of methoxy groups -OCH3 is 1. The first-order valence-electron chi connectivity index (χ1n) is 9.85. The van der Waals surface area contributed by atoms with E-state index in [1.165, 1.54) is 0 Å². The third kappa shape index (κ3) is 7.35. The minimum atomic E-state index is -3.32. The maximum absolute atomic E-state index is 12.1. The lowest BCUT2D eigenvalue weighted by Crippen LogP contribution is -2.38. The van der Waals surface area contributed by atoms with Gasteiger partial charge in [0.05, 0.1) is 12.9 Å². The molecule has 8 heteroatoms. The van der Waals surface area contributed by atoms with Gasteiger partial charge in [0.1, 0.15) is 5.75 Å². The zero-order valence-corrected chi connectivity index (χ0v) is 19.2. The number of benzene rings is 2. The van der Waals surface area contributed by atoms with Gasteiger partial charge in [-0.1, -0.05) is 42.5 Å². The molecule has 0 fully saturated rings. The Hall–Kier alpha value is -2.58. The Morgan fingerprint density at radius 3 is 2.33 bits per heavy atom. The van der Waals surface area contributed by atoms with E-state index < -0.39 is 10.0 Å². The molecule has 0 amide bonds. The number of ether oxygens (including phenoxy) is 1. The van der Waals surface area contributed by atoms with Crippen molar-refractivity contribution in [2.45, 2.75) is 38.7 Å². The van der Waals surface area contributed by atoms with E-state index in [9.17, 15) is 8.42 Å². The Kier molecular flexibility index (Phi) is 8.68. The van der Waals surface area contributed by atoms with Crippen LogP contribution in [0.2, 0.25) is 0 Å². The molecule has 2 aromatic carbocycles. The molecule has 0 bridgehead atoms. The first-order chi connectivity index (χ1) is 14.2. The Labute approximate surface area is 180 Å². The average molecular weight is 433 g/mol. The molecule has 7 nitrogen and oxygen atoms in total. The standard InChI is InChI=1S/C22H32N4O3S/c1-17(2)25-30(27,28)16-19-12-10-18(11-13-19)14-24-22(23-3)26(4)15-20-8-6-7-9-21(20)29-5/h6-13,17,25H,14-16H2,1-5H3,(H,23,24). The van der Waals surface area contributed by atoms with Crippen LogP contribution in [0.15, 0.2) is 53.5 Å². The second-order valence-corrected chi connectivity index (χ2v) is 9.17. The maximum Gasteiger partial charge on any atom is 0.216 e. The van der Waals surface area contributed by atoms with E-state index in [-0.39, 0.29) is 11.8 Å². The van der Waals surface area contributed by atoms with E-state index >= 15 is 0 Å². The van der Waals surface area contributed by atoms with Gasteiger partial charge in [0.2, 0.25) is 10.0 Å². The SMILES string of the molecule is CN=C(NCc1ccc(CS(=O)(=O)NC(C)C)cc1)N(C)Cc1ccccc1OC. The van der Waals surface area contributed by atoms with Crippen LogP contribution in [-0.4, -0.2) is 46.5 Å². The summed E-state index contributed by atoms with van der Waals surface area (Å²) in [5.74, 6) is 1.58. The van der Waals surface area contributed by atoms with Crippen LogP contribution >= 0.6 is 0 Å². The van der Waals surface area contributed by atoms with Gasteiger partial charge >= 0.3 is 0 Å². The monoisotopic (exact) mass is 432 g/mol. The predicted molar refractivity (Wildman–Crippen MR) is 122 cm³/mol. The molecule has 0 atom stereocenters. The minimum Gasteiger partial charge on any atom is -0.496 e. The second kappa shape index (κ2) is 11.0. The lowest BCUT2D eigenvalue weighted by Gasteiger charge is -2.23. The van der Waals surface area contributed by atoms with Crippen LogP contribution in [0.25, 0.3) is 0 Å². The van der Waals surface area contributed by atoms with E-state index in [0.717, 1.165) is 28.4 Å². The van der Waals surface area contributed by atoms with Gasteiger partial charge in [0.25, 0.3) is 0 Å². The van der Waals surface area contributed by atoms with E-state index in [1.54, 1.807) is 14.2 Å². The molecule has 0 spiro atoms. The summed E-state index contributed by atoms with van der Waals surface area (Å²) in [5, 5.41) is 3.34. The zero-order chi connectivity index (χ0) is 22.1. The molecule has 0 heterocycles. The zero-order valence-electron chi connectivity index (χ0n) is 18.3. The summed E-state index contributed by atoms with van der Waals surface area (Å²) in [7, 11) is 2.06. The Balaban J connectivity index is 1.94. The molecule has 0 saturated heterocycles. The Bertz CT molecular complexity index is 941. The van der Waals surface area contributed by atoms with Gasteiger partial charge in [0, 0.05) is 38.8 Å². The molecule has 0 saturated carbocycles.